The van der Waals surface area contributed by atoms with Crippen molar-refractivity contribution in [3.63, 3.8) is 0 Å². The van der Waals surface area contributed by atoms with Gasteiger partial charge in [0.15, 0.2) is 17.6 Å². The van der Waals surface area contributed by atoms with Crippen molar-refractivity contribution in [2.45, 2.75) is 39.2 Å². The zero-order valence-electron chi connectivity index (χ0n) is 17.6. The number of hydrogen-bond donors (Lipinski definition) is 0. The number of aromatic nitrogens is 3. The molecule has 0 bridgehead atoms. The number of rotatable bonds is 4. The van der Waals surface area contributed by atoms with Crippen LogP contribution in [0.4, 0.5) is 10.6 Å². The molecule has 2 aromatic rings. The van der Waals surface area contributed by atoms with Crippen LogP contribution in [0.2, 0.25) is 0 Å². The highest BCUT2D eigenvalue weighted by Gasteiger charge is 2.35. The molecule has 0 N–H and O–H groups in total. The van der Waals surface area contributed by atoms with Crippen molar-refractivity contribution in [2.75, 3.05) is 24.5 Å². The number of hydrogen-bond acceptors (Lipinski definition) is 9. The molecule has 2 aromatic heterocycles. The van der Waals surface area contributed by atoms with Crippen LogP contribution >= 0.6 is 0 Å². The summed E-state index contributed by atoms with van der Waals surface area (Å²) in [6.07, 6.45) is 3.72. The lowest BCUT2D eigenvalue weighted by Gasteiger charge is -2.41. The van der Waals surface area contributed by atoms with Gasteiger partial charge in [0.1, 0.15) is 23.6 Å². The Morgan fingerprint density at radius 2 is 1.90 bits per heavy atom. The van der Waals surface area contributed by atoms with E-state index >= 15 is 0 Å². The van der Waals surface area contributed by atoms with E-state index in [9.17, 15) is 10.1 Å². The van der Waals surface area contributed by atoms with Crippen molar-refractivity contribution < 1.29 is 14.3 Å². The van der Waals surface area contributed by atoms with E-state index < -0.39 is 17.9 Å². The smallest absolute Gasteiger partial charge is 0.412 e. The molecule has 0 saturated carbocycles. The molecule has 1 unspecified atom stereocenters. The molecule has 0 radical (unpaired) electrons. The maximum atomic E-state index is 12.8. The van der Waals surface area contributed by atoms with Gasteiger partial charge >= 0.3 is 6.09 Å². The van der Waals surface area contributed by atoms with Gasteiger partial charge in [-0.05, 0) is 38.5 Å². The van der Waals surface area contributed by atoms with Gasteiger partial charge in [-0.15, -0.1) is 0 Å². The number of pyridine rings is 1. The van der Waals surface area contributed by atoms with Gasteiger partial charge in [0, 0.05) is 25.5 Å². The summed E-state index contributed by atoms with van der Waals surface area (Å²) in [5.74, 6) is 0.442. The van der Waals surface area contributed by atoms with E-state index in [1.54, 1.807) is 17.3 Å². The van der Waals surface area contributed by atoms with E-state index in [4.69, 9.17) is 14.7 Å². The lowest BCUT2D eigenvalue weighted by Crippen LogP contribution is -2.57. The summed E-state index contributed by atoms with van der Waals surface area (Å²) in [6, 6.07) is 7.42. The van der Waals surface area contributed by atoms with Gasteiger partial charge in [-0.1, -0.05) is 0 Å². The predicted octanol–water partition coefficient (Wildman–Crippen LogP) is 2.21. The Kier molecular flexibility index (Phi) is 6.63. The zero-order valence-corrected chi connectivity index (χ0v) is 17.6. The normalized spacial score (nSPS) is 16.4. The van der Waals surface area contributed by atoms with E-state index in [0.717, 1.165) is 5.56 Å². The van der Waals surface area contributed by atoms with Crippen molar-refractivity contribution in [2.24, 2.45) is 0 Å². The first-order valence-electron chi connectivity index (χ1n) is 9.73. The first-order valence-corrected chi connectivity index (χ1v) is 9.73. The molecule has 10 heteroatoms. The number of carbonyl (C=O) groups excluding carboxylic acids is 1. The van der Waals surface area contributed by atoms with Crippen molar-refractivity contribution >= 4 is 11.9 Å². The second-order valence-corrected chi connectivity index (χ2v) is 7.89. The van der Waals surface area contributed by atoms with Gasteiger partial charge in [-0.3, -0.25) is 9.88 Å². The van der Waals surface area contributed by atoms with Crippen LogP contribution in [0.3, 0.4) is 0 Å². The molecular weight excluding hydrogens is 398 g/mol. The van der Waals surface area contributed by atoms with E-state index in [-0.39, 0.29) is 18.0 Å². The van der Waals surface area contributed by atoms with Gasteiger partial charge in [0.2, 0.25) is 0 Å². The second-order valence-electron chi connectivity index (χ2n) is 7.89. The minimum atomic E-state index is -0.635. The Balaban J connectivity index is 1.80. The van der Waals surface area contributed by atoms with E-state index in [1.807, 2.05) is 49.9 Å². The second kappa shape index (κ2) is 9.37. The first kappa shape index (κ1) is 21.9. The molecule has 1 amide bonds. The summed E-state index contributed by atoms with van der Waals surface area (Å²) in [4.78, 5) is 28.4. The summed E-state index contributed by atoms with van der Waals surface area (Å²) in [5.41, 5.74) is 0.221. The zero-order chi connectivity index (χ0) is 22.4. The van der Waals surface area contributed by atoms with Crippen LogP contribution in [0, 0.1) is 22.7 Å². The SMILES string of the molecule is CC(C)(C)OC(=O)N1CCN(c2cnc(C#N)c(C#N)n2)CC1OCc1ccncc1. The molecule has 1 aliphatic rings. The maximum absolute atomic E-state index is 12.8. The van der Waals surface area contributed by atoms with Crippen LogP contribution in [-0.4, -0.2) is 57.4 Å². The highest BCUT2D eigenvalue weighted by atomic mass is 16.6. The van der Waals surface area contributed by atoms with Crippen LogP contribution in [-0.2, 0) is 16.1 Å². The van der Waals surface area contributed by atoms with Crippen molar-refractivity contribution in [1.29, 1.82) is 10.5 Å². The molecule has 0 aliphatic carbocycles. The number of nitriles is 2. The Labute approximate surface area is 180 Å². The van der Waals surface area contributed by atoms with E-state index in [1.165, 1.54) is 6.20 Å². The number of anilines is 1. The molecule has 0 spiro atoms. The van der Waals surface area contributed by atoms with Gasteiger partial charge < -0.3 is 14.4 Å². The molecule has 31 heavy (non-hydrogen) atoms. The Hall–Kier alpha value is -3.76. The minimum Gasteiger partial charge on any atom is -0.444 e. The summed E-state index contributed by atoms with van der Waals surface area (Å²) < 4.78 is 11.6. The fourth-order valence-corrected chi connectivity index (χ4v) is 2.99. The van der Waals surface area contributed by atoms with Crippen LogP contribution in [0.25, 0.3) is 0 Å². The topological polar surface area (TPSA) is 128 Å². The molecule has 1 atom stereocenters. The molecule has 1 aliphatic heterocycles. The monoisotopic (exact) mass is 421 g/mol. The van der Waals surface area contributed by atoms with Crippen LogP contribution in [0.15, 0.2) is 30.7 Å². The summed E-state index contributed by atoms with van der Waals surface area (Å²) >= 11 is 0. The molecule has 1 fully saturated rings. The maximum Gasteiger partial charge on any atom is 0.412 e. The fraction of sp³-hybridized carbons (Fsp3) is 0.429. The van der Waals surface area contributed by atoms with Crippen molar-refractivity contribution in [1.82, 2.24) is 19.9 Å². The highest BCUT2D eigenvalue weighted by Crippen LogP contribution is 2.21. The van der Waals surface area contributed by atoms with Gasteiger partial charge in [-0.2, -0.15) is 10.5 Å². The summed E-state index contributed by atoms with van der Waals surface area (Å²) in [6.45, 7) is 6.79. The highest BCUT2D eigenvalue weighted by molar-refractivity contribution is 5.69. The summed E-state index contributed by atoms with van der Waals surface area (Å²) in [7, 11) is 0. The van der Waals surface area contributed by atoms with Crippen LogP contribution in [0.5, 0.6) is 0 Å². The third-order valence-corrected chi connectivity index (χ3v) is 4.45. The fourth-order valence-electron chi connectivity index (χ4n) is 2.99. The summed E-state index contributed by atoms with van der Waals surface area (Å²) in [5, 5.41) is 18.3. The minimum absolute atomic E-state index is 0.0240. The quantitative estimate of drug-likeness (QED) is 0.729. The number of piperazine rings is 1. The molecule has 1 saturated heterocycles. The lowest BCUT2D eigenvalue weighted by molar-refractivity contribution is -0.0774. The Morgan fingerprint density at radius 3 is 2.55 bits per heavy atom. The average Bonchev–Trinajstić information content (AvgIpc) is 2.76. The van der Waals surface area contributed by atoms with E-state index in [2.05, 4.69) is 15.0 Å². The third kappa shape index (κ3) is 5.65. The molecule has 3 heterocycles. The lowest BCUT2D eigenvalue weighted by atomic mass is 10.2. The third-order valence-electron chi connectivity index (χ3n) is 4.45. The number of carbonyl (C=O) groups is 1. The van der Waals surface area contributed by atoms with E-state index in [0.29, 0.717) is 25.5 Å². The molecular formula is C21H23N7O3. The largest absolute Gasteiger partial charge is 0.444 e. The van der Waals surface area contributed by atoms with Crippen molar-refractivity contribution in [3.8, 4) is 12.1 Å². The predicted molar refractivity (Wildman–Crippen MR) is 109 cm³/mol. The van der Waals surface area contributed by atoms with Gasteiger partial charge in [-0.25, -0.2) is 14.8 Å². The average molecular weight is 421 g/mol. The molecule has 3 rings (SSSR count). The van der Waals surface area contributed by atoms with Crippen molar-refractivity contribution in [3.05, 3.63) is 47.7 Å². The first-order chi connectivity index (χ1) is 14.8. The molecule has 0 aromatic carbocycles. The number of nitrogens with zero attached hydrogens (tertiary/aromatic N) is 7. The van der Waals surface area contributed by atoms with Gasteiger partial charge in [0.25, 0.3) is 0 Å². The number of amides is 1. The van der Waals surface area contributed by atoms with Gasteiger partial charge in [0.05, 0.1) is 19.3 Å². The van der Waals surface area contributed by atoms with Crippen LogP contribution < -0.4 is 4.90 Å². The standard InChI is InChI=1S/C21H23N7O3/c1-21(2,3)31-20(29)28-9-8-27(18-12-25-16(10-22)17(11-23)26-18)13-19(28)30-14-15-4-6-24-7-5-15/h4-7,12,19H,8-9,13-14H2,1-3H3. The Morgan fingerprint density at radius 1 is 1.19 bits per heavy atom. The molecule has 10 nitrogen and oxygen atoms in total. The van der Waals surface area contributed by atoms with Crippen LogP contribution in [0.1, 0.15) is 37.7 Å². The molecule has 160 valence electrons. The Bertz CT molecular complexity index is 1010. The number of ether oxygens (including phenoxy) is 2.